The number of nitrogens with zero attached hydrogens (tertiary/aromatic N) is 5. The smallest absolute Gasteiger partial charge is 0.285 e. The summed E-state index contributed by atoms with van der Waals surface area (Å²) in [6, 6.07) is 1.57. The van der Waals surface area contributed by atoms with Crippen LogP contribution in [-0.4, -0.2) is 29.4 Å². The molecule has 0 atom stereocenters. The molecule has 0 saturated carbocycles. The number of nitrogens with one attached hydrogen (secondary N) is 1. The number of hydrogen-bond acceptors (Lipinski definition) is 5. The zero-order chi connectivity index (χ0) is 12.7. The molecule has 0 bridgehead atoms. The van der Waals surface area contributed by atoms with Crippen LogP contribution >= 0.6 is 0 Å². The van der Waals surface area contributed by atoms with Crippen LogP contribution in [0.2, 0.25) is 0 Å². The molecule has 0 aromatic carbocycles. The van der Waals surface area contributed by atoms with Crippen LogP contribution in [0.25, 0.3) is 11.3 Å². The Morgan fingerprint density at radius 3 is 2.89 bits per heavy atom. The van der Waals surface area contributed by atoms with Crippen LogP contribution in [0.1, 0.15) is 5.82 Å². The predicted molar refractivity (Wildman–Crippen MR) is 61.7 cm³/mol. The Bertz CT molecular complexity index is 823. The molecule has 18 heavy (non-hydrogen) atoms. The normalized spacial score (nSPS) is 10.9. The summed E-state index contributed by atoms with van der Waals surface area (Å²) >= 11 is 0. The zero-order valence-electron chi connectivity index (χ0n) is 9.36. The fraction of sp³-hybridized carbons (Fsp3) is 0.100. The van der Waals surface area contributed by atoms with Gasteiger partial charge in [-0.3, -0.25) is 9.59 Å². The van der Waals surface area contributed by atoms with Gasteiger partial charge in [0.2, 0.25) is 0 Å². The van der Waals surface area contributed by atoms with Crippen LogP contribution in [0.5, 0.6) is 0 Å². The summed E-state index contributed by atoms with van der Waals surface area (Å²) in [6.45, 7) is 1.66. The maximum Gasteiger partial charge on any atom is 0.285 e. The van der Waals surface area contributed by atoms with E-state index in [2.05, 4.69) is 20.2 Å². The second-order valence-electron chi connectivity index (χ2n) is 3.66. The minimum atomic E-state index is -0.331. The van der Waals surface area contributed by atoms with Gasteiger partial charge in [-0.2, -0.15) is 5.10 Å². The van der Waals surface area contributed by atoms with Gasteiger partial charge in [0.15, 0.2) is 11.3 Å². The van der Waals surface area contributed by atoms with Crippen LogP contribution in [0, 0.1) is 6.92 Å². The summed E-state index contributed by atoms with van der Waals surface area (Å²) < 4.78 is 2.58. The topological polar surface area (TPSA) is 97.9 Å². The van der Waals surface area contributed by atoms with Crippen LogP contribution in [0.15, 0.2) is 34.2 Å². The molecule has 0 fully saturated rings. The minimum absolute atomic E-state index is 0.292. The molecule has 8 heteroatoms. The Balaban J connectivity index is 2.38. The number of rotatable bonds is 1. The molecule has 8 nitrogen and oxygen atoms in total. The largest absolute Gasteiger partial charge is 0.324 e. The average Bonchev–Trinajstić information content (AvgIpc) is 2.80. The molecule has 0 spiro atoms. The fourth-order valence-electron chi connectivity index (χ4n) is 1.70. The lowest BCUT2D eigenvalue weighted by atomic mass is 10.5. The molecule has 3 rings (SSSR count). The summed E-state index contributed by atoms with van der Waals surface area (Å²) in [7, 11) is 0. The molecular formula is C10H8N6O2. The highest BCUT2D eigenvalue weighted by molar-refractivity contribution is 5.43. The van der Waals surface area contributed by atoms with Crippen molar-refractivity contribution in [2.45, 2.75) is 6.92 Å². The van der Waals surface area contributed by atoms with Gasteiger partial charge < -0.3 is 4.98 Å². The Morgan fingerprint density at radius 1 is 1.33 bits per heavy atom. The van der Waals surface area contributed by atoms with E-state index in [1.165, 1.54) is 21.6 Å². The molecule has 0 amide bonds. The first-order valence-corrected chi connectivity index (χ1v) is 5.15. The molecule has 3 heterocycles. The first-order chi connectivity index (χ1) is 8.66. The van der Waals surface area contributed by atoms with Gasteiger partial charge in [0.05, 0.1) is 12.4 Å². The van der Waals surface area contributed by atoms with Crippen molar-refractivity contribution in [3.8, 4) is 5.82 Å². The third-order valence-corrected chi connectivity index (χ3v) is 2.50. The second-order valence-corrected chi connectivity index (χ2v) is 3.66. The quantitative estimate of drug-likeness (QED) is 0.608. The van der Waals surface area contributed by atoms with Crippen molar-refractivity contribution in [3.63, 3.8) is 0 Å². The molecule has 3 aromatic rings. The molecular weight excluding hydrogens is 236 g/mol. The molecule has 90 valence electrons. The van der Waals surface area contributed by atoms with Gasteiger partial charge in [-0.15, -0.1) is 9.73 Å². The highest BCUT2D eigenvalue weighted by Crippen LogP contribution is 2.01. The van der Waals surface area contributed by atoms with E-state index in [-0.39, 0.29) is 11.1 Å². The van der Waals surface area contributed by atoms with Gasteiger partial charge in [-0.25, -0.2) is 9.55 Å². The lowest BCUT2D eigenvalue weighted by molar-refractivity contribution is 0.704. The van der Waals surface area contributed by atoms with Crippen molar-refractivity contribution in [2.75, 3.05) is 0 Å². The number of hydrogen-bond donors (Lipinski definition) is 1. The van der Waals surface area contributed by atoms with Gasteiger partial charge in [0.1, 0.15) is 5.82 Å². The third kappa shape index (κ3) is 1.43. The van der Waals surface area contributed by atoms with E-state index < -0.39 is 0 Å². The Kier molecular flexibility index (Phi) is 2.09. The fourth-order valence-corrected chi connectivity index (χ4v) is 1.70. The number of fused-ring (bicyclic) bond motifs is 1. The summed E-state index contributed by atoms with van der Waals surface area (Å²) in [6.07, 6.45) is 3.97. The van der Waals surface area contributed by atoms with Crippen molar-refractivity contribution >= 4 is 5.52 Å². The molecule has 0 radical (unpaired) electrons. The van der Waals surface area contributed by atoms with Crippen LogP contribution < -0.4 is 11.1 Å². The van der Waals surface area contributed by atoms with Crippen molar-refractivity contribution in [3.05, 3.63) is 51.2 Å². The number of aromatic nitrogens is 6. The molecule has 3 aromatic heterocycles. The molecule has 0 unspecified atom stereocenters. The van der Waals surface area contributed by atoms with E-state index in [0.717, 1.165) is 6.20 Å². The first-order valence-electron chi connectivity index (χ1n) is 5.15. The van der Waals surface area contributed by atoms with E-state index in [9.17, 15) is 9.59 Å². The lowest BCUT2D eigenvalue weighted by Crippen LogP contribution is -2.26. The summed E-state index contributed by atoms with van der Waals surface area (Å²) in [5.41, 5.74) is -0.281. The van der Waals surface area contributed by atoms with E-state index in [1.807, 2.05) is 0 Å². The lowest BCUT2D eigenvalue weighted by Gasteiger charge is -2.07. The Hall–Kier alpha value is -2.77. The van der Waals surface area contributed by atoms with Crippen molar-refractivity contribution in [1.82, 2.24) is 29.4 Å². The third-order valence-electron chi connectivity index (χ3n) is 2.50. The van der Waals surface area contributed by atoms with Gasteiger partial charge in [-0.1, -0.05) is 0 Å². The molecule has 1 N–H and O–H groups in total. The van der Waals surface area contributed by atoms with Crippen molar-refractivity contribution in [2.24, 2.45) is 0 Å². The van der Waals surface area contributed by atoms with Crippen LogP contribution in [0.3, 0.4) is 0 Å². The molecule has 0 saturated heterocycles. The highest BCUT2D eigenvalue weighted by atomic mass is 16.1. The highest BCUT2D eigenvalue weighted by Gasteiger charge is 2.11. The molecule has 0 aliphatic carbocycles. The predicted octanol–water partition coefficient (Wildman–Crippen LogP) is -0.728. The molecule has 0 aliphatic heterocycles. The number of aryl methyl sites for hydroxylation is 1. The second kappa shape index (κ2) is 3.62. The van der Waals surface area contributed by atoms with Gasteiger partial charge in [-0.05, 0) is 13.0 Å². The van der Waals surface area contributed by atoms with Crippen LogP contribution in [-0.2, 0) is 0 Å². The van der Waals surface area contributed by atoms with E-state index in [1.54, 1.807) is 13.0 Å². The van der Waals surface area contributed by atoms with Gasteiger partial charge >= 0.3 is 0 Å². The summed E-state index contributed by atoms with van der Waals surface area (Å²) in [4.78, 5) is 29.6. The first kappa shape index (κ1) is 10.4. The standard InChI is InChI=1S/C10H8N6O2/c1-6-14-16-7(2-3-13-16)10(18)15(6)8-4-12-9(17)5-11-8/h2-5H,1H3,(H,12,17). The average molecular weight is 244 g/mol. The number of aromatic amines is 1. The van der Waals surface area contributed by atoms with Gasteiger partial charge in [0.25, 0.3) is 11.1 Å². The maximum absolute atomic E-state index is 12.2. The zero-order valence-corrected chi connectivity index (χ0v) is 9.36. The summed E-state index contributed by atoms with van der Waals surface area (Å²) in [5, 5.41) is 8.04. The van der Waals surface area contributed by atoms with Gasteiger partial charge in [0, 0.05) is 6.20 Å². The van der Waals surface area contributed by atoms with Crippen molar-refractivity contribution in [1.29, 1.82) is 0 Å². The maximum atomic E-state index is 12.2. The van der Waals surface area contributed by atoms with E-state index in [0.29, 0.717) is 17.2 Å². The minimum Gasteiger partial charge on any atom is -0.324 e. The monoisotopic (exact) mass is 244 g/mol. The Labute approximate surface area is 99.5 Å². The summed E-state index contributed by atoms with van der Waals surface area (Å²) in [5.74, 6) is 0.740. The van der Waals surface area contributed by atoms with Crippen molar-refractivity contribution < 1.29 is 0 Å². The molecule has 0 aliphatic rings. The van der Waals surface area contributed by atoms with Crippen LogP contribution in [0.4, 0.5) is 0 Å². The SMILES string of the molecule is Cc1nn2nccc2c(=O)n1-c1c[nH]c(=O)cn1. The van der Waals surface area contributed by atoms with E-state index >= 15 is 0 Å². The Morgan fingerprint density at radius 2 is 2.17 bits per heavy atom. The number of H-pyrrole nitrogens is 1. The van der Waals surface area contributed by atoms with E-state index in [4.69, 9.17) is 0 Å².